The SMILES string of the molecule is CCO[C@H]1OC(C(=O)N2CCCCC2)=C[C@@H](c2ccc(C(F)(F)F)cc2)[C@@H]1CCCO. The molecule has 2 heterocycles. The van der Waals surface area contributed by atoms with E-state index >= 15 is 0 Å². The normalized spacial score (nSPS) is 24.5. The van der Waals surface area contributed by atoms with E-state index < -0.39 is 18.0 Å². The Bertz CT molecular complexity index is 757. The third-order valence-corrected chi connectivity index (χ3v) is 5.89. The molecule has 0 aliphatic carbocycles. The largest absolute Gasteiger partial charge is 0.459 e. The molecule has 8 heteroatoms. The van der Waals surface area contributed by atoms with Crippen molar-refractivity contribution >= 4 is 5.91 Å². The van der Waals surface area contributed by atoms with Crippen LogP contribution in [0.15, 0.2) is 36.1 Å². The fourth-order valence-corrected chi connectivity index (χ4v) is 4.28. The van der Waals surface area contributed by atoms with Crippen LogP contribution in [0.3, 0.4) is 0 Å². The van der Waals surface area contributed by atoms with Gasteiger partial charge in [-0.2, -0.15) is 13.2 Å². The number of nitrogens with zero attached hydrogens (tertiary/aromatic N) is 1. The van der Waals surface area contributed by atoms with Gasteiger partial charge in [-0.1, -0.05) is 12.1 Å². The van der Waals surface area contributed by atoms with E-state index in [-0.39, 0.29) is 30.1 Å². The highest BCUT2D eigenvalue weighted by Crippen LogP contribution is 2.40. The molecule has 1 aromatic carbocycles. The molecule has 0 radical (unpaired) electrons. The predicted molar refractivity (Wildman–Crippen MR) is 109 cm³/mol. The highest BCUT2D eigenvalue weighted by molar-refractivity contribution is 5.91. The molecule has 1 amide bonds. The van der Waals surface area contributed by atoms with Crippen LogP contribution in [0, 0.1) is 5.92 Å². The number of rotatable bonds is 7. The number of aliphatic hydroxyl groups excluding tert-OH is 1. The summed E-state index contributed by atoms with van der Waals surface area (Å²) in [5.41, 5.74) is -0.0574. The number of hydrogen-bond donors (Lipinski definition) is 1. The Morgan fingerprint density at radius 1 is 1.19 bits per heavy atom. The first-order valence-corrected chi connectivity index (χ1v) is 10.9. The molecule has 3 rings (SSSR count). The van der Waals surface area contributed by atoms with Crippen LogP contribution in [0.2, 0.25) is 0 Å². The summed E-state index contributed by atoms with van der Waals surface area (Å²) in [6.07, 6.45) is 0.609. The van der Waals surface area contributed by atoms with Gasteiger partial charge in [-0.3, -0.25) is 4.79 Å². The van der Waals surface area contributed by atoms with Gasteiger partial charge in [0, 0.05) is 38.1 Å². The minimum Gasteiger partial charge on any atom is -0.459 e. The van der Waals surface area contributed by atoms with Crippen molar-refractivity contribution in [2.24, 2.45) is 5.92 Å². The molecule has 1 fully saturated rings. The van der Waals surface area contributed by atoms with E-state index in [1.165, 1.54) is 12.1 Å². The number of piperidine rings is 1. The number of benzene rings is 1. The van der Waals surface area contributed by atoms with E-state index in [1.54, 1.807) is 11.0 Å². The summed E-state index contributed by atoms with van der Waals surface area (Å²) in [7, 11) is 0. The second-order valence-electron chi connectivity index (χ2n) is 8.00. The zero-order valence-corrected chi connectivity index (χ0v) is 17.7. The van der Waals surface area contributed by atoms with Gasteiger partial charge in [-0.25, -0.2) is 0 Å². The van der Waals surface area contributed by atoms with Gasteiger partial charge in [-0.05, 0) is 62.8 Å². The molecular weight excluding hydrogens is 411 g/mol. The van der Waals surface area contributed by atoms with Crippen LogP contribution in [0.5, 0.6) is 0 Å². The van der Waals surface area contributed by atoms with Crippen molar-refractivity contribution in [3.63, 3.8) is 0 Å². The van der Waals surface area contributed by atoms with Crippen molar-refractivity contribution in [2.45, 2.75) is 57.4 Å². The lowest BCUT2D eigenvalue weighted by molar-refractivity contribution is -0.170. The fraction of sp³-hybridized carbons (Fsp3) is 0.609. The fourth-order valence-electron chi connectivity index (χ4n) is 4.28. The second kappa shape index (κ2) is 10.5. The number of amides is 1. The first-order valence-electron chi connectivity index (χ1n) is 10.9. The molecule has 31 heavy (non-hydrogen) atoms. The van der Waals surface area contributed by atoms with E-state index in [0.717, 1.165) is 31.4 Å². The summed E-state index contributed by atoms with van der Waals surface area (Å²) >= 11 is 0. The van der Waals surface area contributed by atoms with Gasteiger partial charge >= 0.3 is 6.18 Å². The van der Waals surface area contributed by atoms with Gasteiger partial charge < -0.3 is 19.5 Å². The minimum absolute atomic E-state index is 0.0155. The second-order valence-corrected chi connectivity index (χ2v) is 8.00. The number of ether oxygens (including phenoxy) is 2. The van der Waals surface area contributed by atoms with E-state index in [9.17, 15) is 23.1 Å². The van der Waals surface area contributed by atoms with E-state index in [2.05, 4.69) is 0 Å². The molecule has 2 aliphatic rings. The lowest BCUT2D eigenvalue weighted by Gasteiger charge is -2.38. The molecule has 172 valence electrons. The Labute approximate surface area is 180 Å². The minimum atomic E-state index is -4.41. The number of likely N-dealkylation sites (tertiary alicyclic amines) is 1. The van der Waals surface area contributed by atoms with Gasteiger partial charge in [0.05, 0.1) is 5.56 Å². The Kier molecular flexibility index (Phi) is 8.00. The van der Waals surface area contributed by atoms with E-state index in [0.29, 0.717) is 38.1 Å². The van der Waals surface area contributed by atoms with Crippen LogP contribution in [0.1, 0.15) is 56.1 Å². The quantitative estimate of drug-likeness (QED) is 0.679. The third kappa shape index (κ3) is 5.80. The molecule has 3 atom stereocenters. The Morgan fingerprint density at radius 2 is 1.87 bits per heavy atom. The highest BCUT2D eigenvalue weighted by atomic mass is 19.4. The van der Waals surface area contributed by atoms with Gasteiger partial charge in [0.2, 0.25) is 6.29 Å². The average Bonchev–Trinajstić information content (AvgIpc) is 2.77. The zero-order valence-electron chi connectivity index (χ0n) is 17.7. The first-order chi connectivity index (χ1) is 14.8. The lowest BCUT2D eigenvalue weighted by atomic mass is 9.80. The Hall–Kier alpha value is -2.06. The Balaban J connectivity index is 1.95. The molecule has 1 N–H and O–H groups in total. The highest BCUT2D eigenvalue weighted by Gasteiger charge is 2.39. The molecular formula is C23H30F3NO4. The average molecular weight is 441 g/mol. The van der Waals surface area contributed by atoms with Crippen molar-refractivity contribution in [3.8, 4) is 0 Å². The number of aliphatic hydroxyl groups is 1. The van der Waals surface area contributed by atoms with E-state index in [1.807, 2.05) is 6.92 Å². The molecule has 1 aromatic rings. The van der Waals surface area contributed by atoms with Crippen molar-refractivity contribution in [1.82, 2.24) is 4.90 Å². The van der Waals surface area contributed by atoms with Crippen LogP contribution in [0.25, 0.3) is 0 Å². The predicted octanol–water partition coefficient (Wildman–Crippen LogP) is 4.47. The smallest absolute Gasteiger partial charge is 0.416 e. The summed E-state index contributed by atoms with van der Waals surface area (Å²) in [5.74, 6) is -0.614. The number of carbonyl (C=O) groups excluding carboxylic acids is 1. The van der Waals surface area contributed by atoms with Gasteiger partial charge in [0.15, 0.2) is 5.76 Å². The number of allylic oxidation sites excluding steroid dienone is 1. The van der Waals surface area contributed by atoms with Crippen LogP contribution in [0.4, 0.5) is 13.2 Å². The topological polar surface area (TPSA) is 59.0 Å². The molecule has 0 aromatic heterocycles. The van der Waals surface area contributed by atoms with Gasteiger partial charge in [0.1, 0.15) is 0 Å². The molecule has 1 saturated heterocycles. The molecule has 5 nitrogen and oxygen atoms in total. The zero-order chi connectivity index (χ0) is 22.4. The van der Waals surface area contributed by atoms with Gasteiger partial charge in [0.25, 0.3) is 5.91 Å². The molecule has 0 bridgehead atoms. The van der Waals surface area contributed by atoms with Crippen LogP contribution in [-0.2, 0) is 20.4 Å². The number of carbonyl (C=O) groups is 1. The summed E-state index contributed by atoms with van der Waals surface area (Å²) in [4.78, 5) is 14.8. The molecule has 2 aliphatic heterocycles. The van der Waals surface area contributed by atoms with E-state index in [4.69, 9.17) is 9.47 Å². The third-order valence-electron chi connectivity index (χ3n) is 5.89. The van der Waals surface area contributed by atoms with Crippen molar-refractivity contribution in [2.75, 3.05) is 26.3 Å². The lowest BCUT2D eigenvalue weighted by Crippen LogP contribution is -2.42. The Morgan fingerprint density at radius 3 is 2.45 bits per heavy atom. The summed E-state index contributed by atoms with van der Waals surface area (Å²) in [6, 6.07) is 5.02. The standard InChI is InChI=1S/C23H30F3NO4/c1-2-30-22-18(7-6-14-28)19(16-8-10-17(11-9-16)23(24,25)26)15-20(31-22)21(29)27-12-4-3-5-13-27/h8-11,15,18-19,22,28H,2-7,12-14H2,1H3/t18-,19-,22-/m0/s1. The molecule has 0 spiro atoms. The van der Waals surface area contributed by atoms with Gasteiger partial charge in [-0.15, -0.1) is 0 Å². The maximum atomic E-state index is 13.1. The van der Waals surface area contributed by atoms with Crippen molar-refractivity contribution in [1.29, 1.82) is 0 Å². The first kappa shape index (κ1) is 23.6. The monoisotopic (exact) mass is 441 g/mol. The van der Waals surface area contributed by atoms with Crippen molar-refractivity contribution < 1.29 is 32.5 Å². The van der Waals surface area contributed by atoms with Crippen molar-refractivity contribution in [3.05, 3.63) is 47.2 Å². The molecule has 0 unspecified atom stereocenters. The summed E-state index contributed by atoms with van der Waals surface area (Å²) < 4.78 is 50.8. The maximum Gasteiger partial charge on any atom is 0.416 e. The summed E-state index contributed by atoms with van der Waals surface area (Å²) in [6.45, 7) is 3.50. The van der Waals surface area contributed by atoms with Crippen LogP contribution >= 0.6 is 0 Å². The molecule has 0 saturated carbocycles. The number of alkyl halides is 3. The number of halogens is 3. The van der Waals surface area contributed by atoms with Crippen LogP contribution < -0.4 is 0 Å². The summed E-state index contributed by atoms with van der Waals surface area (Å²) in [5, 5.41) is 9.32. The maximum absolute atomic E-state index is 13.1. The van der Waals surface area contributed by atoms with Crippen LogP contribution in [-0.4, -0.2) is 48.5 Å². The number of hydrogen-bond acceptors (Lipinski definition) is 4.